The van der Waals surface area contributed by atoms with Gasteiger partial charge in [0.15, 0.2) is 0 Å². The van der Waals surface area contributed by atoms with Gasteiger partial charge in [0.25, 0.3) is 0 Å². The first kappa shape index (κ1) is 10.5. The average molecular weight is 207 g/mol. The van der Waals surface area contributed by atoms with Crippen LogP contribution in [-0.4, -0.2) is 15.6 Å². The van der Waals surface area contributed by atoms with E-state index in [1.165, 1.54) is 32.1 Å². The maximum Gasteiger partial charge on any atom is 0.202 e. The Morgan fingerprint density at radius 1 is 1.40 bits per heavy atom. The summed E-state index contributed by atoms with van der Waals surface area (Å²) < 4.78 is 2.05. The third kappa shape index (κ3) is 2.52. The Morgan fingerprint density at radius 2 is 2.13 bits per heavy atom. The van der Waals surface area contributed by atoms with E-state index < -0.39 is 0 Å². The molecule has 15 heavy (non-hydrogen) atoms. The zero-order valence-electron chi connectivity index (χ0n) is 9.74. The summed E-state index contributed by atoms with van der Waals surface area (Å²) in [6.45, 7) is 2.30. The van der Waals surface area contributed by atoms with Crippen molar-refractivity contribution < 1.29 is 0 Å². The number of aromatic nitrogens is 2. The van der Waals surface area contributed by atoms with Crippen molar-refractivity contribution in [2.75, 3.05) is 5.32 Å². The molecule has 0 aliphatic heterocycles. The molecule has 0 atom stereocenters. The van der Waals surface area contributed by atoms with E-state index in [1.54, 1.807) is 0 Å². The van der Waals surface area contributed by atoms with Crippen molar-refractivity contribution in [2.24, 2.45) is 13.0 Å². The standard InChI is InChI=1S/C12H21N3/c1-3-10-4-6-11(7-5-10)14-12-13-8-9-15(12)2/h8-11H,3-7H2,1-2H3,(H,13,14). The van der Waals surface area contributed by atoms with Crippen LogP contribution in [0.15, 0.2) is 12.4 Å². The summed E-state index contributed by atoms with van der Waals surface area (Å²) in [7, 11) is 2.03. The van der Waals surface area contributed by atoms with Crippen molar-refractivity contribution in [1.82, 2.24) is 9.55 Å². The van der Waals surface area contributed by atoms with E-state index in [0.717, 1.165) is 11.9 Å². The molecular formula is C12H21N3. The molecule has 0 spiro atoms. The van der Waals surface area contributed by atoms with Crippen LogP contribution in [-0.2, 0) is 7.05 Å². The Labute approximate surface area is 91.9 Å². The quantitative estimate of drug-likeness (QED) is 0.826. The summed E-state index contributed by atoms with van der Waals surface area (Å²) in [5.41, 5.74) is 0. The molecule has 0 bridgehead atoms. The summed E-state index contributed by atoms with van der Waals surface area (Å²) in [4.78, 5) is 4.30. The number of nitrogens with zero attached hydrogens (tertiary/aromatic N) is 2. The third-order valence-corrected chi connectivity index (χ3v) is 3.58. The number of imidazole rings is 1. The van der Waals surface area contributed by atoms with Gasteiger partial charge in [-0.15, -0.1) is 0 Å². The maximum absolute atomic E-state index is 4.30. The van der Waals surface area contributed by atoms with Crippen LogP contribution in [0.25, 0.3) is 0 Å². The molecule has 0 unspecified atom stereocenters. The predicted octanol–water partition coefficient (Wildman–Crippen LogP) is 2.80. The van der Waals surface area contributed by atoms with Crippen LogP contribution in [0.1, 0.15) is 39.0 Å². The van der Waals surface area contributed by atoms with Crippen LogP contribution in [0.4, 0.5) is 5.95 Å². The highest BCUT2D eigenvalue weighted by molar-refractivity contribution is 5.27. The molecule has 84 valence electrons. The van der Waals surface area contributed by atoms with Crippen LogP contribution < -0.4 is 5.32 Å². The zero-order valence-corrected chi connectivity index (χ0v) is 9.74. The fraction of sp³-hybridized carbons (Fsp3) is 0.750. The summed E-state index contributed by atoms with van der Waals surface area (Å²) in [5, 5.41) is 3.53. The molecule has 1 N–H and O–H groups in total. The Bertz CT molecular complexity index is 298. The third-order valence-electron chi connectivity index (χ3n) is 3.58. The zero-order chi connectivity index (χ0) is 10.7. The molecule has 1 heterocycles. The molecule has 0 radical (unpaired) electrons. The predicted molar refractivity (Wildman–Crippen MR) is 62.9 cm³/mol. The second-order valence-electron chi connectivity index (χ2n) is 4.63. The molecule has 1 aliphatic carbocycles. The van der Waals surface area contributed by atoms with Crippen LogP contribution in [0.5, 0.6) is 0 Å². The molecule has 2 rings (SSSR count). The van der Waals surface area contributed by atoms with Crippen molar-refractivity contribution >= 4 is 5.95 Å². The minimum atomic E-state index is 0.633. The van der Waals surface area contributed by atoms with Gasteiger partial charge in [0.1, 0.15) is 0 Å². The normalized spacial score (nSPS) is 26.5. The van der Waals surface area contributed by atoms with Crippen molar-refractivity contribution in [3.63, 3.8) is 0 Å². The first-order chi connectivity index (χ1) is 7.29. The summed E-state index contributed by atoms with van der Waals surface area (Å²) in [6, 6.07) is 0.633. The Balaban J connectivity index is 1.85. The van der Waals surface area contributed by atoms with Crippen molar-refractivity contribution in [1.29, 1.82) is 0 Å². The van der Waals surface area contributed by atoms with E-state index in [1.807, 2.05) is 24.0 Å². The molecular weight excluding hydrogens is 186 g/mol. The first-order valence-corrected chi connectivity index (χ1v) is 6.03. The molecule has 1 aromatic rings. The van der Waals surface area contributed by atoms with E-state index >= 15 is 0 Å². The largest absolute Gasteiger partial charge is 0.353 e. The van der Waals surface area contributed by atoms with Crippen LogP contribution in [0, 0.1) is 5.92 Å². The summed E-state index contributed by atoms with van der Waals surface area (Å²) in [6.07, 6.45) is 10.5. The lowest BCUT2D eigenvalue weighted by atomic mass is 9.85. The van der Waals surface area contributed by atoms with Gasteiger partial charge in [-0.1, -0.05) is 13.3 Å². The van der Waals surface area contributed by atoms with Crippen LogP contribution >= 0.6 is 0 Å². The molecule has 1 saturated carbocycles. The second kappa shape index (κ2) is 4.69. The van der Waals surface area contributed by atoms with Crippen molar-refractivity contribution in [2.45, 2.75) is 45.1 Å². The van der Waals surface area contributed by atoms with Gasteiger partial charge in [-0.05, 0) is 31.6 Å². The molecule has 0 amide bonds. The lowest BCUT2D eigenvalue weighted by Crippen LogP contribution is -2.27. The van der Waals surface area contributed by atoms with E-state index in [4.69, 9.17) is 0 Å². The molecule has 1 aliphatic rings. The second-order valence-corrected chi connectivity index (χ2v) is 4.63. The molecule has 0 saturated heterocycles. The Morgan fingerprint density at radius 3 is 2.67 bits per heavy atom. The average Bonchev–Trinajstić information content (AvgIpc) is 2.66. The summed E-state index contributed by atoms with van der Waals surface area (Å²) >= 11 is 0. The molecule has 3 heteroatoms. The fourth-order valence-corrected chi connectivity index (χ4v) is 2.40. The number of hydrogen-bond acceptors (Lipinski definition) is 2. The first-order valence-electron chi connectivity index (χ1n) is 6.03. The van der Waals surface area contributed by atoms with E-state index in [2.05, 4.69) is 17.2 Å². The van der Waals surface area contributed by atoms with Crippen molar-refractivity contribution in [3.05, 3.63) is 12.4 Å². The van der Waals surface area contributed by atoms with Gasteiger partial charge in [-0.25, -0.2) is 4.98 Å². The minimum absolute atomic E-state index is 0.633. The minimum Gasteiger partial charge on any atom is -0.353 e. The highest BCUT2D eigenvalue weighted by Gasteiger charge is 2.20. The number of nitrogens with one attached hydrogen (secondary N) is 1. The maximum atomic E-state index is 4.30. The molecule has 0 aromatic carbocycles. The lowest BCUT2D eigenvalue weighted by molar-refractivity contribution is 0.329. The van der Waals surface area contributed by atoms with Gasteiger partial charge >= 0.3 is 0 Å². The van der Waals surface area contributed by atoms with Crippen LogP contribution in [0.3, 0.4) is 0 Å². The van der Waals surface area contributed by atoms with Gasteiger partial charge < -0.3 is 9.88 Å². The summed E-state index contributed by atoms with van der Waals surface area (Å²) in [5.74, 6) is 1.97. The van der Waals surface area contributed by atoms with Gasteiger partial charge in [0.2, 0.25) is 5.95 Å². The van der Waals surface area contributed by atoms with Gasteiger partial charge in [-0.2, -0.15) is 0 Å². The molecule has 1 fully saturated rings. The van der Waals surface area contributed by atoms with Crippen molar-refractivity contribution in [3.8, 4) is 0 Å². The molecule has 1 aromatic heterocycles. The van der Waals surface area contributed by atoms with E-state index in [-0.39, 0.29) is 0 Å². The van der Waals surface area contributed by atoms with E-state index in [0.29, 0.717) is 6.04 Å². The fourth-order valence-electron chi connectivity index (χ4n) is 2.40. The smallest absolute Gasteiger partial charge is 0.202 e. The molecule has 3 nitrogen and oxygen atoms in total. The van der Waals surface area contributed by atoms with Gasteiger partial charge in [-0.3, -0.25) is 0 Å². The van der Waals surface area contributed by atoms with Crippen LogP contribution in [0.2, 0.25) is 0 Å². The SMILES string of the molecule is CCC1CCC(Nc2nccn2C)CC1. The lowest BCUT2D eigenvalue weighted by Gasteiger charge is -2.28. The Kier molecular flexibility index (Phi) is 3.29. The Hall–Kier alpha value is -0.990. The highest BCUT2D eigenvalue weighted by Crippen LogP contribution is 2.27. The van der Waals surface area contributed by atoms with Gasteiger partial charge in [0, 0.05) is 25.5 Å². The number of anilines is 1. The number of hydrogen-bond donors (Lipinski definition) is 1. The van der Waals surface area contributed by atoms with Gasteiger partial charge in [0.05, 0.1) is 0 Å². The topological polar surface area (TPSA) is 29.9 Å². The van der Waals surface area contributed by atoms with E-state index in [9.17, 15) is 0 Å². The number of aryl methyl sites for hydroxylation is 1. The highest BCUT2D eigenvalue weighted by atomic mass is 15.2. The number of rotatable bonds is 3. The monoisotopic (exact) mass is 207 g/mol.